The van der Waals surface area contributed by atoms with E-state index in [0.717, 1.165) is 17.9 Å². The molecule has 0 saturated heterocycles. The largest absolute Gasteiger partial charge is 0.482 e. The molecular formula is C14H19NO2. The summed E-state index contributed by atoms with van der Waals surface area (Å²) in [5.74, 6) is 0.811. The average molecular weight is 233 g/mol. The number of carbonyl (C=O) groups is 1. The number of amides is 1. The minimum atomic E-state index is 0.00000160. The maximum atomic E-state index is 11.5. The molecule has 0 fully saturated rings. The Morgan fingerprint density at radius 1 is 1.41 bits per heavy atom. The summed E-state index contributed by atoms with van der Waals surface area (Å²) in [6, 6.07) is 6.11. The topological polar surface area (TPSA) is 29.5 Å². The van der Waals surface area contributed by atoms with Gasteiger partial charge in [-0.2, -0.15) is 0 Å². The average Bonchev–Trinajstić information content (AvgIpc) is 2.33. The maximum absolute atomic E-state index is 11.5. The molecule has 1 aliphatic heterocycles. The van der Waals surface area contributed by atoms with Crippen molar-refractivity contribution < 1.29 is 9.53 Å². The second kappa shape index (κ2) is 4.06. The molecule has 0 spiro atoms. The van der Waals surface area contributed by atoms with Gasteiger partial charge in [-0.25, -0.2) is 0 Å². The first-order valence-electron chi connectivity index (χ1n) is 5.99. The Labute approximate surface area is 102 Å². The first kappa shape index (κ1) is 12.0. The Kier molecular flexibility index (Phi) is 2.86. The first-order valence-corrected chi connectivity index (χ1v) is 5.99. The van der Waals surface area contributed by atoms with Crippen LogP contribution in [-0.4, -0.2) is 19.6 Å². The van der Waals surface area contributed by atoms with Gasteiger partial charge in [0.15, 0.2) is 6.61 Å². The van der Waals surface area contributed by atoms with E-state index < -0.39 is 0 Å². The van der Waals surface area contributed by atoms with E-state index in [0.29, 0.717) is 0 Å². The Balaban J connectivity index is 2.42. The normalized spacial score (nSPS) is 15.5. The van der Waals surface area contributed by atoms with Gasteiger partial charge in [0.05, 0.1) is 5.69 Å². The third-order valence-electron chi connectivity index (χ3n) is 3.71. The van der Waals surface area contributed by atoms with E-state index in [1.807, 2.05) is 6.07 Å². The second-order valence-electron chi connectivity index (χ2n) is 5.16. The molecule has 17 heavy (non-hydrogen) atoms. The number of benzene rings is 1. The van der Waals surface area contributed by atoms with Crippen molar-refractivity contribution in [3.05, 3.63) is 23.8 Å². The van der Waals surface area contributed by atoms with E-state index in [9.17, 15) is 4.79 Å². The Morgan fingerprint density at radius 3 is 2.76 bits per heavy atom. The Morgan fingerprint density at radius 2 is 2.12 bits per heavy atom. The van der Waals surface area contributed by atoms with Crippen LogP contribution in [-0.2, 0) is 10.2 Å². The van der Waals surface area contributed by atoms with E-state index in [-0.39, 0.29) is 17.9 Å². The van der Waals surface area contributed by atoms with Crippen LogP contribution in [0.15, 0.2) is 18.2 Å². The number of ether oxygens (including phenoxy) is 1. The molecule has 92 valence electrons. The summed E-state index contributed by atoms with van der Waals surface area (Å²) in [5.41, 5.74) is 2.25. The molecule has 1 aliphatic rings. The lowest BCUT2D eigenvalue weighted by Crippen LogP contribution is -2.35. The van der Waals surface area contributed by atoms with Crippen molar-refractivity contribution in [2.75, 3.05) is 18.6 Å². The zero-order valence-corrected chi connectivity index (χ0v) is 10.9. The molecule has 3 nitrogen and oxygen atoms in total. The van der Waals surface area contributed by atoms with Gasteiger partial charge >= 0.3 is 0 Å². The quantitative estimate of drug-likeness (QED) is 0.786. The lowest BCUT2D eigenvalue weighted by Gasteiger charge is -2.29. The molecule has 2 rings (SSSR count). The summed E-state index contributed by atoms with van der Waals surface area (Å²) in [6.07, 6.45) is 1.07. The highest BCUT2D eigenvalue weighted by molar-refractivity contribution is 5.97. The molecule has 1 aromatic rings. The second-order valence-corrected chi connectivity index (χ2v) is 5.16. The van der Waals surface area contributed by atoms with Crippen molar-refractivity contribution in [1.29, 1.82) is 0 Å². The van der Waals surface area contributed by atoms with Crippen LogP contribution in [0.25, 0.3) is 0 Å². The highest BCUT2D eigenvalue weighted by Gasteiger charge is 2.25. The van der Waals surface area contributed by atoms with Crippen molar-refractivity contribution >= 4 is 11.6 Å². The van der Waals surface area contributed by atoms with E-state index in [2.05, 4.69) is 32.9 Å². The lowest BCUT2D eigenvalue weighted by atomic mass is 9.82. The van der Waals surface area contributed by atoms with Gasteiger partial charge in [-0.1, -0.05) is 26.8 Å². The molecule has 0 aliphatic carbocycles. The number of likely N-dealkylation sites (N-methyl/N-ethyl adjacent to an activating group) is 1. The van der Waals surface area contributed by atoms with Crippen LogP contribution in [0.5, 0.6) is 5.75 Å². The van der Waals surface area contributed by atoms with Crippen LogP contribution < -0.4 is 9.64 Å². The molecule has 0 atom stereocenters. The van der Waals surface area contributed by atoms with Crippen molar-refractivity contribution in [3.63, 3.8) is 0 Å². The summed E-state index contributed by atoms with van der Waals surface area (Å²) < 4.78 is 5.50. The number of rotatable bonds is 2. The third kappa shape index (κ3) is 2.02. The zero-order valence-electron chi connectivity index (χ0n) is 10.9. The summed E-state index contributed by atoms with van der Waals surface area (Å²) in [6.45, 7) is 6.74. The molecule has 0 radical (unpaired) electrons. The third-order valence-corrected chi connectivity index (χ3v) is 3.71. The summed E-state index contributed by atoms with van der Waals surface area (Å²) >= 11 is 0. The van der Waals surface area contributed by atoms with E-state index >= 15 is 0 Å². The van der Waals surface area contributed by atoms with Gasteiger partial charge in [-0.3, -0.25) is 4.79 Å². The zero-order chi connectivity index (χ0) is 12.6. The van der Waals surface area contributed by atoms with Gasteiger partial charge < -0.3 is 9.64 Å². The fourth-order valence-electron chi connectivity index (χ4n) is 1.90. The number of nitrogens with zero attached hydrogens (tertiary/aromatic N) is 1. The standard InChI is InChI=1S/C14H19NO2/c1-5-14(2,3)10-6-7-11-12(8-10)17-9-13(16)15(11)4/h6-8H,5,9H2,1-4H3. The van der Waals surface area contributed by atoms with Gasteiger partial charge in [0.2, 0.25) is 0 Å². The van der Waals surface area contributed by atoms with E-state index in [1.165, 1.54) is 5.56 Å². The smallest absolute Gasteiger partial charge is 0.264 e. The summed E-state index contributed by atoms with van der Waals surface area (Å²) in [7, 11) is 1.79. The number of anilines is 1. The van der Waals surface area contributed by atoms with Crippen LogP contribution in [0.4, 0.5) is 5.69 Å². The number of carbonyl (C=O) groups excluding carboxylic acids is 1. The molecule has 1 aromatic carbocycles. The highest BCUT2D eigenvalue weighted by Crippen LogP contribution is 2.36. The Bertz CT molecular complexity index is 452. The number of hydrogen-bond donors (Lipinski definition) is 0. The van der Waals surface area contributed by atoms with Crippen molar-refractivity contribution in [3.8, 4) is 5.75 Å². The fourth-order valence-corrected chi connectivity index (χ4v) is 1.90. The number of hydrogen-bond acceptors (Lipinski definition) is 2. The molecule has 0 bridgehead atoms. The molecule has 0 saturated carbocycles. The van der Waals surface area contributed by atoms with E-state index in [1.54, 1.807) is 11.9 Å². The minimum absolute atomic E-state index is 0.00000160. The molecule has 0 aromatic heterocycles. The molecule has 0 N–H and O–H groups in total. The summed E-state index contributed by atoms with van der Waals surface area (Å²) in [4.78, 5) is 13.2. The van der Waals surface area contributed by atoms with Crippen molar-refractivity contribution in [2.45, 2.75) is 32.6 Å². The Hall–Kier alpha value is -1.51. The molecule has 3 heteroatoms. The molecular weight excluding hydrogens is 214 g/mol. The van der Waals surface area contributed by atoms with E-state index in [4.69, 9.17) is 4.74 Å². The molecule has 1 heterocycles. The van der Waals surface area contributed by atoms with Crippen molar-refractivity contribution in [2.24, 2.45) is 0 Å². The molecule has 1 amide bonds. The SMILES string of the molecule is CCC(C)(C)c1ccc2c(c1)OCC(=O)N2C. The fraction of sp³-hybridized carbons (Fsp3) is 0.500. The van der Waals surface area contributed by atoms with Crippen LogP contribution in [0.2, 0.25) is 0 Å². The van der Waals surface area contributed by atoms with Crippen LogP contribution in [0, 0.1) is 0 Å². The summed E-state index contributed by atoms with van der Waals surface area (Å²) in [5, 5.41) is 0. The van der Waals surface area contributed by atoms with Crippen LogP contribution in [0.3, 0.4) is 0 Å². The predicted molar refractivity (Wildman–Crippen MR) is 68.7 cm³/mol. The highest BCUT2D eigenvalue weighted by atomic mass is 16.5. The predicted octanol–water partition coefficient (Wildman–Crippen LogP) is 2.73. The monoisotopic (exact) mass is 233 g/mol. The van der Waals surface area contributed by atoms with Crippen LogP contribution in [0.1, 0.15) is 32.8 Å². The van der Waals surface area contributed by atoms with Gasteiger partial charge in [0.1, 0.15) is 5.75 Å². The first-order chi connectivity index (χ1) is 7.95. The van der Waals surface area contributed by atoms with Gasteiger partial charge in [-0.15, -0.1) is 0 Å². The van der Waals surface area contributed by atoms with Gasteiger partial charge in [-0.05, 0) is 29.5 Å². The van der Waals surface area contributed by atoms with Crippen molar-refractivity contribution in [1.82, 2.24) is 0 Å². The maximum Gasteiger partial charge on any atom is 0.264 e. The minimum Gasteiger partial charge on any atom is -0.482 e. The van der Waals surface area contributed by atoms with Gasteiger partial charge in [0, 0.05) is 7.05 Å². The molecule has 0 unspecified atom stereocenters. The lowest BCUT2D eigenvalue weighted by molar-refractivity contribution is -0.120. The van der Waals surface area contributed by atoms with Crippen LogP contribution >= 0.6 is 0 Å². The van der Waals surface area contributed by atoms with Gasteiger partial charge in [0.25, 0.3) is 5.91 Å². The number of fused-ring (bicyclic) bond motifs is 1.